The molecule has 0 radical (unpaired) electrons. The van der Waals surface area contributed by atoms with Gasteiger partial charge in [-0.2, -0.15) is 13.2 Å². The molecule has 1 aromatic rings. The van der Waals surface area contributed by atoms with Crippen molar-refractivity contribution in [3.8, 4) is 0 Å². The smallest absolute Gasteiger partial charge is 0.285 e. The zero-order valence-corrected chi connectivity index (χ0v) is 8.01. The summed E-state index contributed by atoms with van der Waals surface area (Å²) < 4.78 is 35.8. The molecule has 1 nitrogen and oxygen atoms in total. The lowest BCUT2D eigenvalue weighted by atomic mass is 10.1. The summed E-state index contributed by atoms with van der Waals surface area (Å²) in [6.45, 7) is 1.47. The zero-order valence-electron chi connectivity index (χ0n) is 8.01. The van der Waals surface area contributed by atoms with E-state index >= 15 is 0 Å². The summed E-state index contributed by atoms with van der Waals surface area (Å²) in [4.78, 5) is 10.6. The highest BCUT2D eigenvalue weighted by atomic mass is 19.4. The third kappa shape index (κ3) is 3.23. The van der Waals surface area contributed by atoms with E-state index in [9.17, 15) is 18.0 Å². The predicted molar refractivity (Wildman–Crippen MR) is 51.2 cm³/mol. The third-order valence-electron chi connectivity index (χ3n) is 1.86. The van der Waals surface area contributed by atoms with Gasteiger partial charge in [-0.05, 0) is 24.1 Å². The Bertz CT molecular complexity index is 377. The van der Waals surface area contributed by atoms with Crippen LogP contribution in [-0.2, 0) is 4.79 Å². The van der Waals surface area contributed by atoms with E-state index in [-0.39, 0.29) is 0 Å². The number of benzene rings is 1. The minimum atomic E-state index is -4.80. The average Bonchev–Trinajstić information content (AvgIpc) is 2.17. The normalized spacial score (nSPS) is 12.7. The van der Waals surface area contributed by atoms with Crippen molar-refractivity contribution in [3.63, 3.8) is 0 Å². The maximum Gasteiger partial charge on any atom is 0.454 e. The first-order chi connectivity index (χ1) is 6.91. The van der Waals surface area contributed by atoms with E-state index in [4.69, 9.17) is 0 Å². The van der Waals surface area contributed by atoms with E-state index in [1.54, 1.807) is 30.3 Å². The molecule has 0 saturated heterocycles. The lowest BCUT2D eigenvalue weighted by Crippen LogP contribution is -2.20. The summed E-state index contributed by atoms with van der Waals surface area (Å²) in [5.74, 6) is -1.83. The molecule has 0 heterocycles. The van der Waals surface area contributed by atoms with E-state index < -0.39 is 12.0 Å². The van der Waals surface area contributed by atoms with Crippen LogP contribution in [-0.4, -0.2) is 12.0 Å². The minimum absolute atomic E-state index is 0.304. The standard InChI is InChI=1S/C11H9F3O/c1-8(7-10(15)11(12,13)14)9-5-3-2-4-6-9/h2-7H,1H3/b8-7-. The largest absolute Gasteiger partial charge is 0.454 e. The van der Waals surface area contributed by atoms with E-state index in [1.165, 1.54) is 6.92 Å². The Morgan fingerprint density at radius 2 is 1.73 bits per heavy atom. The highest BCUT2D eigenvalue weighted by molar-refractivity contribution is 6.00. The average molecular weight is 214 g/mol. The monoisotopic (exact) mass is 214 g/mol. The number of halogens is 3. The van der Waals surface area contributed by atoms with E-state index in [1.807, 2.05) is 0 Å². The summed E-state index contributed by atoms with van der Waals surface area (Å²) in [5.41, 5.74) is 0.910. The zero-order chi connectivity index (χ0) is 11.5. The van der Waals surface area contributed by atoms with Gasteiger partial charge in [0, 0.05) is 0 Å². The Balaban J connectivity index is 2.91. The molecule has 4 heteroatoms. The molecule has 0 aliphatic rings. The summed E-state index contributed by atoms with van der Waals surface area (Å²) in [5, 5.41) is 0. The van der Waals surface area contributed by atoms with E-state index in [2.05, 4.69) is 0 Å². The second kappa shape index (κ2) is 4.29. The lowest BCUT2D eigenvalue weighted by Gasteiger charge is -2.03. The van der Waals surface area contributed by atoms with Crippen LogP contribution in [0.3, 0.4) is 0 Å². The highest BCUT2D eigenvalue weighted by Crippen LogP contribution is 2.20. The van der Waals surface area contributed by atoms with Crippen LogP contribution in [0.25, 0.3) is 5.57 Å². The summed E-state index contributed by atoms with van der Waals surface area (Å²) in [6, 6.07) is 8.45. The van der Waals surface area contributed by atoms with Gasteiger partial charge < -0.3 is 0 Å². The van der Waals surface area contributed by atoms with Crippen LogP contribution in [0, 0.1) is 0 Å². The number of carbonyl (C=O) groups excluding carboxylic acids is 1. The molecule has 0 aromatic heterocycles. The van der Waals surface area contributed by atoms with Crippen molar-refractivity contribution in [2.24, 2.45) is 0 Å². The number of alkyl halides is 3. The van der Waals surface area contributed by atoms with Gasteiger partial charge in [0.2, 0.25) is 0 Å². The van der Waals surface area contributed by atoms with Gasteiger partial charge in [0.05, 0.1) is 0 Å². The van der Waals surface area contributed by atoms with Crippen molar-refractivity contribution < 1.29 is 18.0 Å². The summed E-state index contributed by atoms with van der Waals surface area (Å²) in [6.07, 6.45) is -4.19. The molecule has 0 aliphatic carbocycles. The number of carbonyl (C=O) groups is 1. The molecule has 0 saturated carbocycles. The Hall–Kier alpha value is -1.58. The molecule has 1 rings (SSSR count). The molecule has 1 aromatic carbocycles. The molecule has 15 heavy (non-hydrogen) atoms. The molecule has 0 spiro atoms. The quantitative estimate of drug-likeness (QED) is 0.691. The molecule has 0 unspecified atom stereocenters. The number of hydrogen-bond donors (Lipinski definition) is 0. The Kier molecular flexibility index (Phi) is 3.29. The second-order valence-electron chi connectivity index (χ2n) is 3.06. The van der Waals surface area contributed by atoms with Crippen LogP contribution in [0.15, 0.2) is 36.4 Å². The van der Waals surface area contributed by atoms with Crippen LogP contribution in [0.1, 0.15) is 12.5 Å². The molecule has 80 valence electrons. The van der Waals surface area contributed by atoms with Gasteiger partial charge in [-0.25, -0.2) is 0 Å². The Labute approximate surface area is 85.2 Å². The first kappa shape index (κ1) is 11.5. The molecular formula is C11H9F3O. The van der Waals surface area contributed by atoms with Gasteiger partial charge in [0.25, 0.3) is 5.78 Å². The van der Waals surface area contributed by atoms with Crippen LogP contribution >= 0.6 is 0 Å². The number of allylic oxidation sites excluding steroid dienone is 2. The molecule has 0 amide bonds. The van der Waals surface area contributed by atoms with Crippen molar-refractivity contribution in [1.29, 1.82) is 0 Å². The maximum absolute atomic E-state index is 11.9. The van der Waals surface area contributed by atoms with Crippen LogP contribution in [0.2, 0.25) is 0 Å². The van der Waals surface area contributed by atoms with Crippen LogP contribution in [0.4, 0.5) is 13.2 Å². The maximum atomic E-state index is 11.9. The Morgan fingerprint density at radius 1 is 1.20 bits per heavy atom. The predicted octanol–water partition coefficient (Wildman–Crippen LogP) is 3.22. The third-order valence-corrected chi connectivity index (χ3v) is 1.86. The Morgan fingerprint density at radius 3 is 2.20 bits per heavy atom. The van der Waals surface area contributed by atoms with Gasteiger partial charge in [0.1, 0.15) is 0 Å². The topological polar surface area (TPSA) is 17.1 Å². The number of rotatable bonds is 2. The molecule has 0 bridgehead atoms. The SMILES string of the molecule is C/C(=C/C(=O)C(F)(F)F)c1ccccc1. The van der Waals surface area contributed by atoms with Crippen molar-refractivity contribution in [2.75, 3.05) is 0 Å². The molecule has 0 aliphatic heterocycles. The number of hydrogen-bond acceptors (Lipinski definition) is 1. The lowest BCUT2D eigenvalue weighted by molar-refractivity contribution is -0.165. The first-order valence-corrected chi connectivity index (χ1v) is 4.26. The van der Waals surface area contributed by atoms with Gasteiger partial charge >= 0.3 is 6.18 Å². The van der Waals surface area contributed by atoms with Gasteiger partial charge in [-0.15, -0.1) is 0 Å². The summed E-state index contributed by atoms with van der Waals surface area (Å²) in [7, 11) is 0. The first-order valence-electron chi connectivity index (χ1n) is 4.26. The van der Waals surface area contributed by atoms with Crippen LogP contribution < -0.4 is 0 Å². The van der Waals surface area contributed by atoms with E-state index in [0.29, 0.717) is 17.2 Å². The van der Waals surface area contributed by atoms with Crippen molar-refractivity contribution >= 4 is 11.4 Å². The number of ketones is 1. The van der Waals surface area contributed by atoms with Crippen molar-refractivity contribution in [2.45, 2.75) is 13.1 Å². The minimum Gasteiger partial charge on any atom is -0.285 e. The van der Waals surface area contributed by atoms with Gasteiger partial charge in [-0.1, -0.05) is 30.3 Å². The van der Waals surface area contributed by atoms with Gasteiger partial charge in [0.15, 0.2) is 0 Å². The van der Waals surface area contributed by atoms with Gasteiger partial charge in [-0.3, -0.25) is 4.79 Å². The van der Waals surface area contributed by atoms with Crippen molar-refractivity contribution in [3.05, 3.63) is 42.0 Å². The molecule has 0 N–H and O–H groups in total. The van der Waals surface area contributed by atoms with Crippen molar-refractivity contribution in [1.82, 2.24) is 0 Å². The summed E-state index contributed by atoms with van der Waals surface area (Å²) >= 11 is 0. The van der Waals surface area contributed by atoms with Crippen LogP contribution in [0.5, 0.6) is 0 Å². The fraction of sp³-hybridized carbons (Fsp3) is 0.182. The molecule has 0 fully saturated rings. The second-order valence-corrected chi connectivity index (χ2v) is 3.06. The molecular weight excluding hydrogens is 205 g/mol. The van der Waals surface area contributed by atoms with E-state index in [0.717, 1.165) is 0 Å². The molecule has 0 atom stereocenters. The fourth-order valence-electron chi connectivity index (χ4n) is 1.06. The fourth-order valence-corrected chi connectivity index (χ4v) is 1.06. The highest BCUT2D eigenvalue weighted by Gasteiger charge is 2.36.